The van der Waals surface area contributed by atoms with Gasteiger partial charge in [0.25, 0.3) is 0 Å². The number of anilines is 1. The van der Waals surface area contributed by atoms with Gasteiger partial charge in [-0.05, 0) is 37.6 Å². The minimum Gasteiger partial charge on any atom is -0.441 e. The fourth-order valence-corrected chi connectivity index (χ4v) is 2.13. The van der Waals surface area contributed by atoms with Crippen LogP contribution in [0.3, 0.4) is 0 Å². The van der Waals surface area contributed by atoms with Gasteiger partial charge in [0.05, 0.1) is 6.61 Å². The van der Waals surface area contributed by atoms with E-state index < -0.39 is 0 Å². The molecule has 1 aromatic heterocycles. The summed E-state index contributed by atoms with van der Waals surface area (Å²) in [4.78, 5) is 4.33. The fourth-order valence-electron chi connectivity index (χ4n) is 2.13. The van der Waals surface area contributed by atoms with Crippen molar-refractivity contribution in [2.24, 2.45) is 5.73 Å². The first-order valence-electron chi connectivity index (χ1n) is 6.55. The standard InChI is InChI=1S/C14H21N3O2/c1-10-16-13-8-11(5-6-14(13)19-10)17-12(9-18-2)4-3-7-15/h5-6,8,12,17H,3-4,7,9,15H2,1-2H3. The lowest BCUT2D eigenvalue weighted by atomic mass is 10.1. The number of aryl methyl sites for hydroxylation is 1. The van der Waals surface area contributed by atoms with E-state index in [4.69, 9.17) is 14.9 Å². The van der Waals surface area contributed by atoms with Crippen LogP contribution in [0.1, 0.15) is 18.7 Å². The molecule has 19 heavy (non-hydrogen) atoms. The van der Waals surface area contributed by atoms with Gasteiger partial charge in [-0.3, -0.25) is 0 Å². The number of benzene rings is 1. The Bertz CT molecular complexity index is 524. The fraction of sp³-hybridized carbons (Fsp3) is 0.500. The summed E-state index contributed by atoms with van der Waals surface area (Å²) >= 11 is 0. The molecule has 0 amide bonds. The predicted octanol–water partition coefficient (Wildman–Crippen LogP) is 2.30. The average molecular weight is 263 g/mol. The van der Waals surface area contributed by atoms with Crippen molar-refractivity contribution in [2.45, 2.75) is 25.8 Å². The van der Waals surface area contributed by atoms with E-state index in [2.05, 4.69) is 10.3 Å². The van der Waals surface area contributed by atoms with Crippen LogP contribution in [-0.2, 0) is 4.74 Å². The molecule has 1 heterocycles. The van der Waals surface area contributed by atoms with E-state index in [1.807, 2.05) is 25.1 Å². The number of oxazole rings is 1. The first-order chi connectivity index (χ1) is 9.22. The maximum absolute atomic E-state index is 5.55. The van der Waals surface area contributed by atoms with Crippen LogP contribution in [0.4, 0.5) is 5.69 Å². The number of hydrogen-bond donors (Lipinski definition) is 2. The summed E-state index contributed by atoms with van der Waals surface area (Å²) in [6.07, 6.45) is 1.96. The SMILES string of the molecule is COCC(CCCN)Nc1ccc2oc(C)nc2c1. The largest absolute Gasteiger partial charge is 0.441 e. The van der Waals surface area contributed by atoms with Crippen LogP contribution in [0.5, 0.6) is 0 Å². The average Bonchev–Trinajstić information content (AvgIpc) is 2.75. The van der Waals surface area contributed by atoms with Crippen molar-refractivity contribution in [1.29, 1.82) is 0 Å². The molecule has 0 aliphatic rings. The van der Waals surface area contributed by atoms with E-state index in [1.165, 1.54) is 0 Å². The molecule has 0 saturated carbocycles. The van der Waals surface area contributed by atoms with Crippen molar-refractivity contribution < 1.29 is 9.15 Å². The van der Waals surface area contributed by atoms with Crippen LogP contribution in [0.2, 0.25) is 0 Å². The summed E-state index contributed by atoms with van der Waals surface area (Å²) in [7, 11) is 1.71. The monoisotopic (exact) mass is 263 g/mol. The van der Waals surface area contributed by atoms with E-state index in [9.17, 15) is 0 Å². The summed E-state index contributed by atoms with van der Waals surface area (Å²) in [6.45, 7) is 3.21. The number of aromatic nitrogens is 1. The van der Waals surface area contributed by atoms with Gasteiger partial charge < -0.3 is 20.2 Å². The minimum absolute atomic E-state index is 0.263. The van der Waals surface area contributed by atoms with E-state index in [0.717, 1.165) is 29.6 Å². The van der Waals surface area contributed by atoms with Gasteiger partial charge in [0.15, 0.2) is 11.5 Å². The van der Waals surface area contributed by atoms with Gasteiger partial charge in [-0.1, -0.05) is 0 Å². The number of methoxy groups -OCH3 is 1. The molecule has 2 rings (SSSR count). The van der Waals surface area contributed by atoms with Crippen LogP contribution < -0.4 is 11.1 Å². The van der Waals surface area contributed by atoms with E-state index in [0.29, 0.717) is 19.0 Å². The number of hydrogen-bond acceptors (Lipinski definition) is 5. The molecule has 1 atom stereocenters. The molecule has 0 aliphatic heterocycles. The Morgan fingerprint density at radius 2 is 2.32 bits per heavy atom. The van der Waals surface area contributed by atoms with E-state index in [-0.39, 0.29) is 6.04 Å². The molecule has 0 saturated heterocycles. The Morgan fingerprint density at radius 1 is 1.47 bits per heavy atom. The van der Waals surface area contributed by atoms with Crippen molar-refractivity contribution >= 4 is 16.8 Å². The number of nitrogens with zero attached hydrogens (tertiary/aromatic N) is 1. The van der Waals surface area contributed by atoms with Crippen LogP contribution in [-0.4, -0.2) is 31.3 Å². The molecule has 0 aliphatic carbocycles. The smallest absolute Gasteiger partial charge is 0.192 e. The summed E-state index contributed by atoms with van der Waals surface area (Å²) in [5, 5.41) is 3.45. The van der Waals surface area contributed by atoms with E-state index >= 15 is 0 Å². The van der Waals surface area contributed by atoms with Gasteiger partial charge in [0, 0.05) is 25.8 Å². The molecule has 0 radical (unpaired) electrons. The Balaban J connectivity index is 2.08. The lowest BCUT2D eigenvalue weighted by Crippen LogP contribution is -2.25. The molecule has 0 spiro atoms. The van der Waals surface area contributed by atoms with Gasteiger partial charge in [-0.25, -0.2) is 4.98 Å². The van der Waals surface area contributed by atoms with Gasteiger partial charge in [0.2, 0.25) is 0 Å². The first-order valence-corrected chi connectivity index (χ1v) is 6.55. The molecule has 2 aromatic rings. The number of fused-ring (bicyclic) bond motifs is 1. The third kappa shape index (κ3) is 3.68. The zero-order chi connectivity index (χ0) is 13.7. The molecular formula is C14H21N3O2. The third-order valence-electron chi connectivity index (χ3n) is 2.99. The Kier molecular flexibility index (Phi) is 4.76. The quantitative estimate of drug-likeness (QED) is 0.802. The van der Waals surface area contributed by atoms with Crippen molar-refractivity contribution in [3.8, 4) is 0 Å². The van der Waals surface area contributed by atoms with Crippen molar-refractivity contribution in [2.75, 3.05) is 25.6 Å². The van der Waals surface area contributed by atoms with Crippen LogP contribution in [0.15, 0.2) is 22.6 Å². The summed E-state index contributed by atoms with van der Waals surface area (Å²) in [5.41, 5.74) is 8.27. The van der Waals surface area contributed by atoms with Gasteiger partial charge in [-0.2, -0.15) is 0 Å². The zero-order valence-corrected chi connectivity index (χ0v) is 11.5. The van der Waals surface area contributed by atoms with Crippen molar-refractivity contribution in [3.05, 3.63) is 24.1 Å². The molecular weight excluding hydrogens is 242 g/mol. The lowest BCUT2D eigenvalue weighted by molar-refractivity contribution is 0.182. The van der Waals surface area contributed by atoms with Crippen molar-refractivity contribution in [3.63, 3.8) is 0 Å². The molecule has 3 N–H and O–H groups in total. The molecule has 5 nitrogen and oxygen atoms in total. The molecule has 104 valence electrons. The topological polar surface area (TPSA) is 73.3 Å². The van der Waals surface area contributed by atoms with Crippen LogP contribution in [0.25, 0.3) is 11.1 Å². The predicted molar refractivity (Wildman–Crippen MR) is 76.3 cm³/mol. The number of ether oxygens (including phenoxy) is 1. The van der Waals surface area contributed by atoms with Crippen LogP contribution >= 0.6 is 0 Å². The molecule has 1 aromatic carbocycles. The van der Waals surface area contributed by atoms with Crippen molar-refractivity contribution in [1.82, 2.24) is 4.98 Å². The normalized spacial score (nSPS) is 12.8. The highest BCUT2D eigenvalue weighted by Gasteiger charge is 2.09. The first kappa shape index (κ1) is 13.8. The highest BCUT2D eigenvalue weighted by Crippen LogP contribution is 2.20. The third-order valence-corrected chi connectivity index (χ3v) is 2.99. The summed E-state index contributed by atoms with van der Waals surface area (Å²) in [6, 6.07) is 6.19. The Labute approximate surface area is 113 Å². The number of nitrogens with one attached hydrogen (secondary N) is 1. The number of rotatable bonds is 7. The van der Waals surface area contributed by atoms with Gasteiger partial charge >= 0.3 is 0 Å². The molecule has 0 bridgehead atoms. The highest BCUT2D eigenvalue weighted by molar-refractivity contribution is 5.77. The second-order valence-electron chi connectivity index (χ2n) is 4.64. The summed E-state index contributed by atoms with van der Waals surface area (Å²) < 4.78 is 10.7. The maximum atomic E-state index is 5.55. The molecule has 0 fully saturated rings. The molecule has 5 heteroatoms. The van der Waals surface area contributed by atoms with Crippen LogP contribution in [0, 0.1) is 6.92 Å². The highest BCUT2D eigenvalue weighted by atomic mass is 16.5. The molecule has 1 unspecified atom stereocenters. The van der Waals surface area contributed by atoms with Gasteiger partial charge in [-0.15, -0.1) is 0 Å². The second kappa shape index (κ2) is 6.54. The lowest BCUT2D eigenvalue weighted by Gasteiger charge is -2.18. The number of nitrogens with two attached hydrogens (primary N) is 1. The summed E-state index contributed by atoms with van der Waals surface area (Å²) in [5.74, 6) is 0.684. The minimum atomic E-state index is 0.263. The Hall–Kier alpha value is -1.59. The second-order valence-corrected chi connectivity index (χ2v) is 4.64. The maximum Gasteiger partial charge on any atom is 0.192 e. The zero-order valence-electron chi connectivity index (χ0n) is 11.5. The van der Waals surface area contributed by atoms with Gasteiger partial charge in [0.1, 0.15) is 5.52 Å². The Morgan fingerprint density at radius 3 is 3.05 bits per heavy atom. The van der Waals surface area contributed by atoms with E-state index in [1.54, 1.807) is 7.11 Å².